The van der Waals surface area contributed by atoms with Crippen LogP contribution < -0.4 is 0 Å². The summed E-state index contributed by atoms with van der Waals surface area (Å²) in [6, 6.07) is 7.52. The van der Waals surface area contributed by atoms with Gasteiger partial charge in [0.05, 0.1) is 0 Å². The van der Waals surface area contributed by atoms with Gasteiger partial charge in [-0.25, -0.2) is 0 Å². The Hall–Kier alpha value is -2.14. The molecule has 2 unspecified atom stereocenters. The van der Waals surface area contributed by atoms with Gasteiger partial charge in [-0.3, -0.25) is 19.3 Å². The van der Waals surface area contributed by atoms with Gasteiger partial charge < -0.3 is 4.90 Å². The largest absolute Gasteiger partial charge is 0.333 e. The molecule has 3 fully saturated rings. The molecule has 3 aliphatic heterocycles. The van der Waals surface area contributed by atoms with E-state index in [0.29, 0.717) is 30.7 Å². The maximum atomic E-state index is 12.7. The van der Waals surface area contributed by atoms with E-state index in [4.69, 9.17) is 11.6 Å². The van der Waals surface area contributed by atoms with E-state index in [1.807, 2.05) is 17.0 Å². The summed E-state index contributed by atoms with van der Waals surface area (Å²) in [6.45, 7) is 0. The first-order valence-electron chi connectivity index (χ1n) is 9.14. The Morgan fingerprint density at radius 1 is 0.962 bits per heavy atom. The van der Waals surface area contributed by atoms with E-state index in [0.717, 1.165) is 18.4 Å². The molecule has 3 heterocycles. The monoisotopic (exact) mass is 372 g/mol. The molecule has 0 aromatic heterocycles. The van der Waals surface area contributed by atoms with E-state index >= 15 is 0 Å². The maximum Gasteiger partial charge on any atom is 0.247 e. The molecule has 1 aromatic carbocycles. The van der Waals surface area contributed by atoms with Crippen LogP contribution in [0.1, 0.15) is 44.1 Å². The SMILES string of the molecule is O=C1CCC(=O)N1C1CC2CCC(C1)N2C(=O)/C=C/c1ccc(Cl)cc1. The number of amides is 3. The number of carbonyl (C=O) groups excluding carboxylic acids is 3. The molecule has 3 amide bonds. The minimum Gasteiger partial charge on any atom is -0.333 e. The lowest BCUT2D eigenvalue weighted by Crippen LogP contribution is -2.53. The van der Waals surface area contributed by atoms with Crippen LogP contribution in [0.25, 0.3) is 6.08 Å². The second-order valence-electron chi connectivity index (χ2n) is 7.30. The number of likely N-dealkylation sites (tertiary alicyclic amines) is 1. The Bertz CT molecular complexity index is 744. The highest BCUT2D eigenvalue weighted by molar-refractivity contribution is 6.30. The van der Waals surface area contributed by atoms with Crippen LogP contribution in [0.3, 0.4) is 0 Å². The predicted octanol–water partition coefficient (Wildman–Crippen LogP) is 3.02. The second kappa shape index (κ2) is 6.88. The lowest BCUT2D eigenvalue weighted by molar-refractivity contribution is -0.143. The van der Waals surface area contributed by atoms with Gasteiger partial charge in [-0.1, -0.05) is 23.7 Å². The summed E-state index contributed by atoms with van der Waals surface area (Å²) in [5, 5.41) is 0.666. The predicted molar refractivity (Wildman–Crippen MR) is 98.3 cm³/mol. The summed E-state index contributed by atoms with van der Waals surface area (Å²) < 4.78 is 0. The fraction of sp³-hybridized carbons (Fsp3) is 0.450. The summed E-state index contributed by atoms with van der Waals surface area (Å²) in [4.78, 5) is 40.2. The normalized spacial score (nSPS) is 28.4. The lowest BCUT2D eigenvalue weighted by atomic mass is 9.95. The fourth-order valence-corrected chi connectivity index (χ4v) is 4.67. The summed E-state index contributed by atoms with van der Waals surface area (Å²) in [7, 11) is 0. The molecular weight excluding hydrogens is 352 g/mol. The molecule has 136 valence electrons. The molecule has 3 aliphatic rings. The Kier molecular flexibility index (Phi) is 4.57. The van der Waals surface area contributed by atoms with Crippen molar-refractivity contribution in [1.29, 1.82) is 0 Å². The molecule has 0 aliphatic carbocycles. The molecule has 4 rings (SSSR count). The van der Waals surface area contributed by atoms with Gasteiger partial charge >= 0.3 is 0 Å². The van der Waals surface area contributed by atoms with Gasteiger partial charge in [-0.2, -0.15) is 0 Å². The number of carbonyl (C=O) groups is 3. The molecule has 0 spiro atoms. The van der Waals surface area contributed by atoms with Crippen molar-refractivity contribution < 1.29 is 14.4 Å². The first kappa shape index (κ1) is 17.3. The van der Waals surface area contributed by atoms with Crippen molar-refractivity contribution in [3.05, 3.63) is 40.9 Å². The number of nitrogens with zero attached hydrogens (tertiary/aromatic N) is 2. The Morgan fingerprint density at radius 2 is 1.54 bits per heavy atom. The third kappa shape index (κ3) is 3.16. The van der Waals surface area contributed by atoms with Crippen molar-refractivity contribution in [2.45, 2.75) is 56.7 Å². The van der Waals surface area contributed by atoms with Crippen molar-refractivity contribution in [1.82, 2.24) is 9.80 Å². The van der Waals surface area contributed by atoms with E-state index in [1.165, 1.54) is 4.90 Å². The van der Waals surface area contributed by atoms with E-state index < -0.39 is 0 Å². The zero-order valence-electron chi connectivity index (χ0n) is 14.4. The van der Waals surface area contributed by atoms with Crippen LogP contribution in [0.5, 0.6) is 0 Å². The standard InChI is InChI=1S/C20H21ClN2O3/c21-14-4-1-13(2-5-14)3-8-18(24)22-15-6-7-16(22)12-17(11-15)23-19(25)9-10-20(23)26/h1-5,8,15-17H,6-7,9-12H2/b8-3+. The van der Waals surface area contributed by atoms with Crippen LogP contribution in [0.2, 0.25) is 5.02 Å². The van der Waals surface area contributed by atoms with Crippen molar-refractivity contribution in [3.8, 4) is 0 Å². The number of benzene rings is 1. The molecule has 1 aromatic rings. The highest BCUT2D eigenvalue weighted by atomic mass is 35.5. The van der Waals surface area contributed by atoms with Crippen LogP contribution >= 0.6 is 11.6 Å². The van der Waals surface area contributed by atoms with Gasteiger partial charge in [0.25, 0.3) is 0 Å². The first-order valence-corrected chi connectivity index (χ1v) is 9.51. The molecule has 0 saturated carbocycles. The third-order valence-corrected chi connectivity index (χ3v) is 5.96. The topological polar surface area (TPSA) is 57.7 Å². The third-order valence-electron chi connectivity index (χ3n) is 5.71. The molecule has 0 N–H and O–H groups in total. The Balaban J connectivity index is 1.44. The smallest absolute Gasteiger partial charge is 0.247 e. The summed E-state index contributed by atoms with van der Waals surface area (Å²) >= 11 is 5.88. The highest BCUT2D eigenvalue weighted by Gasteiger charge is 2.47. The number of hydrogen-bond donors (Lipinski definition) is 0. The van der Waals surface area contributed by atoms with Gasteiger partial charge in [0.1, 0.15) is 0 Å². The van der Waals surface area contributed by atoms with Crippen molar-refractivity contribution >= 4 is 35.4 Å². The van der Waals surface area contributed by atoms with Crippen LogP contribution in [0.15, 0.2) is 30.3 Å². The van der Waals surface area contributed by atoms with Gasteiger partial charge in [0, 0.05) is 42.1 Å². The number of halogens is 1. The molecule has 0 radical (unpaired) electrons. The van der Waals surface area contributed by atoms with Crippen LogP contribution in [0.4, 0.5) is 0 Å². The maximum absolute atomic E-state index is 12.7. The van der Waals surface area contributed by atoms with Gasteiger partial charge in [-0.15, -0.1) is 0 Å². The number of rotatable bonds is 3. The molecule has 26 heavy (non-hydrogen) atoms. The van der Waals surface area contributed by atoms with E-state index in [9.17, 15) is 14.4 Å². The van der Waals surface area contributed by atoms with Crippen LogP contribution in [0, 0.1) is 0 Å². The number of imide groups is 1. The first-order chi connectivity index (χ1) is 12.5. The van der Waals surface area contributed by atoms with E-state index in [-0.39, 0.29) is 35.8 Å². The molecule has 3 saturated heterocycles. The average Bonchev–Trinajstić information content (AvgIpc) is 3.10. The summed E-state index contributed by atoms with van der Waals surface area (Å²) in [6.07, 6.45) is 7.37. The summed E-state index contributed by atoms with van der Waals surface area (Å²) in [5.74, 6) is -0.103. The highest BCUT2D eigenvalue weighted by Crippen LogP contribution is 2.39. The van der Waals surface area contributed by atoms with Crippen molar-refractivity contribution in [2.24, 2.45) is 0 Å². The molecule has 5 nitrogen and oxygen atoms in total. The van der Waals surface area contributed by atoms with Crippen LogP contribution in [-0.4, -0.2) is 45.6 Å². The minimum atomic E-state index is -0.0539. The van der Waals surface area contributed by atoms with Crippen molar-refractivity contribution in [3.63, 3.8) is 0 Å². The fourth-order valence-electron chi connectivity index (χ4n) is 4.55. The molecule has 6 heteroatoms. The van der Waals surface area contributed by atoms with Gasteiger partial charge in [-0.05, 0) is 49.5 Å². The Morgan fingerprint density at radius 3 is 2.12 bits per heavy atom. The molecule has 2 atom stereocenters. The van der Waals surface area contributed by atoms with Crippen molar-refractivity contribution in [2.75, 3.05) is 0 Å². The summed E-state index contributed by atoms with van der Waals surface area (Å²) in [5.41, 5.74) is 0.929. The van der Waals surface area contributed by atoms with E-state index in [1.54, 1.807) is 24.3 Å². The number of hydrogen-bond acceptors (Lipinski definition) is 3. The average molecular weight is 373 g/mol. The minimum absolute atomic E-state index is 0.00461. The quantitative estimate of drug-likeness (QED) is 0.605. The number of piperidine rings is 1. The number of fused-ring (bicyclic) bond motifs is 2. The zero-order valence-corrected chi connectivity index (χ0v) is 15.2. The van der Waals surface area contributed by atoms with Gasteiger partial charge in [0.2, 0.25) is 17.7 Å². The van der Waals surface area contributed by atoms with E-state index in [2.05, 4.69) is 0 Å². The van der Waals surface area contributed by atoms with Gasteiger partial charge in [0.15, 0.2) is 0 Å². The molecular formula is C20H21ClN2O3. The molecule has 2 bridgehead atoms. The zero-order chi connectivity index (χ0) is 18.3. The second-order valence-corrected chi connectivity index (χ2v) is 7.73. The van der Waals surface area contributed by atoms with Crippen LogP contribution in [-0.2, 0) is 14.4 Å². The lowest BCUT2D eigenvalue weighted by Gasteiger charge is -2.41. The Labute approximate surface area is 157 Å².